The maximum Gasteiger partial charge on any atom is 0.573 e. The third-order valence-corrected chi connectivity index (χ3v) is 8.27. The van der Waals surface area contributed by atoms with Crippen LogP contribution in [0.2, 0.25) is 0 Å². The molecule has 3 aromatic rings. The first-order valence-corrected chi connectivity index (χ1v) is 15.5. The number of benzene rings is 1. The Balaban J connectivity index is 1.57. The van der Waals surface area contributed by atoms with Gasteiger partial charge in [0.2, 0.25) is 0 Å². The number of anilines is 1. The Kier molecular flexibility index (Phi) is 11.0. The number of rotatable bonds is 13. The minimum Gasteiger partial charge on any atom is -0.481 e. The second-order valence-electron chi connectivity index (χ2n) is 11.6. The number of carbonyl (C=O) groups is 2. The van der Waals surface area contributed by atoms with Crippen LogP contribution in [0.4, 0.5) is 19.0 Å². The van der Waals surface area contributed by atoms with E-state index in [0.717, 1.165) is 24.4 Å². The monoisotopic (exact) mass is 633 g/mol. The maximum atomic E-state index is 13.2. The van der Waals surface area contributed by atoms with E-state index in [1.165, 1.54) is 35.9 Å². The zero-order chi connectivity index (χ0) is 32.0. The van der Waals surface area contributed by atoms with Gasteiger partial charge in [-0.1, -0.05) is 20.8 Å². The number of aromatic nitrogens is 3. The number of Topliss-reactive ketones (excluding diaryl/α,β-unsaturated/α-hetero) is 1. The van der Waals surface area contributed by atoms with Crippen LogP contribution in [-0.2, 0) is 17.8 Å². The van der Waals surface area contributed by atoms with E-state index in [-0.39, 0.29) is 29.6 Å². The molecule has 44 heavy (non-hydrogen) atoms. The largest absolute Gasteiger partial charge is 0.573 e. The van der Waals surface area contributed by atoms with Crippen molar-refractivity contribution >= 4 is 28.9 Å². The van der Waals surface area contributed by atoms with Crippen LogP contribution >= 0.6 is 11.3 Å². The molecular formula is C31H38F3N5O4S. The lowest BCUT2D eigenvalue weighted by molar-refractivity contribution is -0.274. The number of carboxylic acid groups (broad SMARTS) is 1. The van der Waals surface area contributed by atoms with Crippen LogP contribution < -0.4 is 9.64 Å². The number of hydrogen-bond acceptors (Lipinski definition) is 9. The van der Waals surface area contributed by atoms with Gasteiger partial charge in [-0.25, -0.2) is 15.0 Å². The SMILES string of the molecule is CCCN(Cc1sc(CC(=O)c2cnc(N3CCC(C(=O)O)CC3)cn2)nc1-c1cc(C)cc(OC(F)(F)F)c1)CC(C)C. The van der Waals surface area contributed by atoms with E-state index in [9.17, 15) is 27.9 Å². The number of carboxylic acids is 1. The fourth-order valence-electron chi connectivity index (χ4n) is 5.37. The zero-order valence-corrected chi connectivity index (χ0v) is 26.2. The summed E-state index contributed by atoms with van der Waals surface area (Å²) in [4.78, 5) is 43.1. The Morgan fingerprint density at radius 3 is 2.48 bits per heavy atom. The van der Waals surface area contributed by atoms with E-state index in [1.54, 1.807) is 13.0 Å². The van der Waals surface area contributed by atoms with Gasteiger partial charge in [-0.05, 0) is 62.4 Å². The predicted molar refractivity (Wildman–Crippen MR) is 162 cm³/mol. The standard InChI is InChI=1S/C31H38F3N5O4S/c1-5-8-38(17-19(2)3)18-26-29(22-11-20(4)12-23(13-22)43-31(32,33)34)37-28(44-26)14-25(40)24-15-36-27(16-35-24)39-9-6-21(7-10-39)30(41)42/h11-13,15-16,19,21H,5-10,14,17-18H2,1-4H3,(H,41,42). The van der Waals surface area contributed by atoms with E-state index >= 15 is 0 Å². The number of halogens is 3. The fourth-order valence-corrected chi connectivity index (χ4v) is 6.50. The van der Waals surface area contributed by atoms with Crippen LogP contribution in [0, 0.1) is 18.8 Å². The number of aliphatic carboxylic acids is 1. The van der Waals surface area contributed by atoms with E-state index < -0.39 is 12.3 Å². The van der Waals surface area contributed by atoms with Gasteiger partial charge < -0.3 is 14.7 Å². The van der Waals surface area contributed by atoms with Crippen LogP contribution in [0.5, 0.6) is 5.75 Å². The van der Waals surface area contributed by atoms with Gasteiger partial charge in [0.25, 0.3) is 0 Å². The Morgan fingerprint density at radius 2 is 1.89 bits per heavy atom. The Labute approximate surface area is 259 Å². The molecule has 1 aromatic carbocycles. The molecule has 4 rings (SSSR count). The second-order valence-corrected chi connectivity index (χ2v) is 12.7. The highest BCUT2D eigenvalue weighted by Gasteiger charge is 2.32. The van der Waals surface area contributed by atoms with E-state index in [4.69, 9.17) is 4.98 Å². The van der Waals surface area contributed by atoms with Crippen molar-refractivity contribution in [3.63, 3.8) is 0 Å². The summed E-state index contributed by atoms with van der Waals surface area (Å²) in [5.41, 5.74) is 1.79. The first-order chi connectivity index (χ1) is 20.8. The summed E-state index contributed by atoms with van der Waals surface area (Å²) in [5, 5.41) is 9.76. The topological polar surface area (TPSA) is 109 Å². The average Bonchev–Trinajstić information content (AvgIpc) is 3.33. The highest BCUT2D eigenvalue weighted by molar-refractivity contribution is 7.12. The van der Waals surface area contributed by atoms with Crippen LogP contribution in [-0.4, -0.2) is 69.3 Å². The van der Waals surface area contributed by atoms with Gasteiger partial charge >= 0.3 is 12.3 Å². The number of ketones is 1. The quantitative estimate of drug-likeness (QED) is 0.214. The lowest BCUT2D eigenvalue weighted by Gasteiger charge is -2.30. The molecule has 0 saturated carbocycles. The van der Waals surface area contributed by atoms with Gasteiger partial charge in [-0.3, -0.25) is 14.5 Å². The molecule has 13 heteroatoms. The highest BCUT2D eigenvalue weighted by atomic mass is 32.1. The summed E-state index contributed by atoms with van der Waals surface area (Å²) in [6.45, 7) is 11.4. The maximum absolute atomic E-state index is 13.2. The predicted octanol–water partition coefficient (Wildman–Crippen LogP) is 6.40. The normalized spacial score (nSPS) is 14.4. The molecule has 1 saturated heterocycles. The summed E-state index contributed by atoms with van der Waals surface area (Å²) in [6, 6.07) is 4.43. The molecule has 3 heterocycles. The van der Waals surface area contributed by atoms with Crippen molar-refractivity contribution in [2.45, 2.75) is 66.3 Å². The highest BCUT2D eigenvalue weighted by Crippen LogP contribution is 2.35. The van der Waals surface area contributed by atoms with Gasteiger partial charge in [-0.2, -0.15) is 0 Å². The number of piperidine rings is 1. The summed E-state index contributed by atoms with van der Waals surface area (Å²) in [6.07, 6.45) is 0.0555. The molecule has 1 aliphatic rings. The first kappa shape index (κ1) is 33.3. The first-order valence-electron chi connectivity index (χ1n) is 14.7. The van der Waals surface area contributed by atoms with E-state index in [1.807, 2.05) is 4.90 Å². The molecule has 0 radical (unpaired) electrons. The molecular weight excluding hydrogens is 595 g/mol. The molecule has 2 aromatic heterocycles. The molecule has 9 nitrogen and oxygen atoms in total. The van der Waals surface area contributed by atoms with Crippen molar-refractivity contribution in [1.82, 2.24) is 19.9 Å². The van der Waals surface area contributed by atoms with Gasteiger partial charge in [0, 0.05) is 36.6 Å². The molecule has 0 spiro atoms. The van der Waals surface area contributed by atoms with E-state index in [0.29, 0.717) is 66.0 Å². The van der Waals surface area contributed by atoms with Gasteiger partial charge in [0.15, 0.2) is 5.78 Å². The van der Waals surface area contributed by atoms with Crippen molar-refractivity contribution in [3.05, 3.63) is 51.7 Å². The minimum atomic E-state index is -4.83. The van der Waals surface area contributed by atoms with Crippen molar-refractivity contribution in [2.75, 3.05) is 31.1 Å². The van der Waals surface area contributed by atoms with Crippen LogP contribution in [0.1, 0.15) is 66.0 Å². The van der Waals surface area contributed by atoms with Crippen molar-refractivity contribution in [1.29, 1.82) is 0 Å². The number of aryl methyl sites for hydroxylation is 1. The molecule has 1 fully saturated rings. The molecule has 1 N–H and O–H groups in total. The molecule has 0 amide bonds. The van der Waals surface area contributed by atoms with E-state index in [2.05, 4.69) is 40.4 Å². The van der Waals surface area contributed by atoms with Crippen LogP contribution in [0.3, 0.4) is 0 Å². The average molecular weight is 634 g/mol. The Morgan fingerprint density at radius 1 is 1.16 bits per heavy atom. The Hall–Kier alpha value is -3.58. The third-order valence-electron chi connectivity index (χ3n) is 7.23. The third kappa shape index (κ3) is 9.21. The van der Waals surface area contributed by atoms with Crippen LogP contribution in [0.15, 0.2) is 30.6 Å². The summed E-state index contributed by atoms with van der Waals surface area (Å²) >= 11 is 1.37. The summed E-state index contributed by atoms with van der Waals surface area (Å²) in [5.74, 6) is -0.758. The smallest absolute Gasteiger partial charge is 0.481 e. The lowest BCUT2D eigenvalue weighted by atomic mass is 9.97. The second kappa shape index (κ2) is 14.5. The lowest BCUT2D eigenvalue weighted by Crippen LogP contribution is -2.36. The number of carbonyl (C=O) groups excluding carboxylic acids is 1. The molecule has 0 bridgehead atoms. The summed E-state index contributed by atoms with van der Waals surface area (Å²) < 4.78 is 43.3. The number of ether oxygens (including phenoxy) is 1. The Bertz CT molecular complexity index is 1440. The molecule has 238 valence electrons. The van der Waals surface area contributed by atoms with Gasteiger partial charge in [-0.15, -0.1) is 24.5 Å². The molecule has 0 atom stereocenters. The zero-order valence-electron chi connectivity index (χ0n) is 25.4. The van der Waals surface area contributed by atoms with Crippen LogP contribution in [0.25, 0.3) is 11.3 Å². The minimum absolute atomic E-state index is 0.0363. The van der Waals surface area contributed by atoms with Crippen molar-refractivity contribution < 1.29 is 32.6 Å². The molecule has 0 aliphatic carbocycles. The van der Waals surface area contributed by atoms with Gasteiger partial charge in [0.1, 0.15) is 22.3 Å². The number of nitrogens with zero attached hydrogens (tertiary/aromatic N) is 5. The summed E-state index contributed by atoms with van der Waals surface area (Å²) in [7, 11) is 0. The number of hydrogen-bond donors (Lipinski definition) is 1. The van der Waals surface area contributed by atoms with Crippen molar-refractivity contribution in [2.24, 2.45) is 11.8 Å². The molecule has 0 unspecified atom stereocenters. The number of alkyl halides is 3. The van der Waals surface area contributed by atoms with Gasteiger partial charge in [0.05, 0.1) is 30.4 Å². The van der Waals surface area contributed by atoms with Crippen molar-refractivity contribution in [3.8, 4) is 17.0 Å². The fraction of sp³-hybridized carbons (Fsp3) is 0.516. The number of thiazole rings is 1. The molecule has 1 aliphatic heterocycles.